The molecule has 0 aliphatic heterocycles. The van der Waals surface area contributed by atoms with Crippen LogP contribution in [-0.4, -0.2) is 10.1 Å². The number of hydrogen-bond donors (Lipinski definition) is 1. The molecular formula is C15H12ClNO2. The van der Waals surface area contributed by atoms with Crippen LogP contribution in [0.3, 0.4) is 0 Å². The molecule has 19 heavy (non-hydrogen) atoms. The molecule has 1 atom stereocenters. The van der Waals surface area contributed by atoms with E-state index in [1.54, 1.807) is 43.6 Å². The molecule has 1 unspecified atom stereocenters. The number of furan rings is 1. The number of nitrogens with zero attached hydrogens (tertiary/aromatic N) is 1. The molecule has 0 fully saturated rings. The molecule has 96 valence electrons. The second kappa shape index (κ2) is 4.37. The fourth-order valence-corrected chi connectivity index (χ4v) is 2.23. The van der Waals surface area contributed by atoms with Crippen molar-refractivity contribution in [2.45, 2.75) is 12.5 Å². The SMILES string of the molecule is CC(O)(c1cccnc1)c1cc2cc(Cl)ccc2o1. The zero-order chi connectivity index (χ0) is 13.5. The molecule has 0 aliphatic rings. The van der Waals surface area contributed by atoms with E-state index in [0.29, 0.717) is 21.9 Å². The molecule has 4 heteroatoms. The van der Waals surface area contributed by atoms with Gasteiger partial charge in [0.1, 0.15) is 16.9 Å². The summed E-state index contributed by atoms with van der Waals surface area (Å²) in [5, 5.41) is 12.2. The molecule has 1 aromatic carbocycles. The second-order valence-electron chi connectivity index (χ2n) is 4.61. The summed E-state index contributed by atoms with van der Waals surface area (Å²) in [6.45, 7) is 1.68. The standard InChI is InChI=1S/C15H12ClNO2/c1-15(18,11-3-2-6-17-9-11)14-8-10-7-12(16)4-5-13(10)19-14/h2-9,18H,1H3. The summed E-state index contributed by atoms with van der Waals surface area (Å²) in [6.07, 6.45) is 3.29. The predicted molar refractivity (Wildman–Crippen MR) is 74.1 cm³/mol. The zero-order valence-electron chi connectivity index (χ0n) is 10.3. The third kappa shape index (κ3) is 2.11. The van der Waals surface area contributed by atoms with Gasteiger partial charge >= 0.3 is 0 Å². The molecule has 0 saturated heterocycles. The van der Waals surface area contributed by atoms with E-state index < -0.39 is 5.60 Å². The number of pyridine rings is 1. The van der Waals surface area contributed by atoms with Gasteiger partial charge in [-0.15, -0.1) is 0 Å². The summed E-state index contributed by atoms with van der Waals surface area (Å²) in [6, 6.07) is 10.8. The van der Waals surface area contributed by atoms with Gasteiger partial charge in [0.15, 0.2) is 0 Å². The first kappa shape index (κ1) is 12.2. The van der Waals surface area contributed by atoms with Crippen LogP contribution in [0, 0.1) is 0 Å². The lowest BCUT2D eigenvalue weighted by atomic mass is 9.95. The van der Waals surface area contributed by atoms with Crippen LogP contribution >= 0.6 is 11.6 Å². The Balaban J connectivity index is 2.13. The second-order valence-corrected chi connectivity index (χ2v) is 5.04. The van der Waals surface area contributed by atoms with Crippen molar-refractivity contribution in [2.75, 3.05) is 0 Å². The van der Waals surface area contributed by atoms with Crippen molar-refractivity contribution in [3.05, 3.63) is 65.1 Å². The van der Waals surface area contributed by atoms with E-state index in [9.17, 15) is 5.11 Å². The monoisotopic (exact) mass is 273 g/mol. The summed E-state index contributed by atoms with van der Waals surface area (Å²) in [4.78, 5) is 4.02. The van der Waals surface area contributed by atoms with Gasteiger partial charge in [-0.05, 0) is 37.3 Å². The molecule has 0 radical (unpaired) electrons. The summed E-state index contributed by atoms with van der Waals surface area (Å²) in [7, 11) is 0. The maximum Gasteiger partial charge on any atom is 0.146 e. The van der Waals surface area contributed by atoms with Gasteiger partial charge in [0, 0.05) is 28.4 Å². The van der Waals surface area contributed by atoms with Crippen molar-refractivity contribution in [1.29, 1.82) is 0 Å². The largest absolute Gasteiger partial charge is 0.458 e. The number of aromatic nitrogens is 1. The summed E-state index contributed by atoms with van der Waals surface area (Å²) < 4.78 is 5.71. The molecule has 0 spiro atoms. The van der Waals surface area contributed by atoms with E-state index in [-0.39, 0.29) is 0 Å². The van der Waals surface area contributed by atoms with Crippen LogP contribution in [0.5, 0.6) is 0 Å². The predicted octanol–water partition coefficient (Wildman–Crippen LogP) is 3.74. The van der Waals surface area contributed by atoms with Gasteiger partial charge in [0.05, 0.1) is 0 Å². The van der Waals surface area contributed by atoms with Crippen LogP contribution in [0.25, 0.3) is 11.0 Å². The molecule has 0 bridgehead atoms. The minimum atomic E-state index is -1.22. The maximum absolute atomic E-state index is 10.7. The highest BCUT2D eigenvalue weighted by Crippen LogP contribution is 2.33. The average molecular weight is 274 g/mol. The van der Waals surface area contributed by atoms with Gasteiger partial charge in [0.25, 0.3) is 0 Å². The summed E-state index contributed by atoms with van der Waals surface area (Å²) in [5.41, 5.74) is 0.156. The Kier molecular flexibility index (Phi) is 2.81. The third-order valence-corrected chi connectivity index (χ3v) is 3.42. The smallest absolute Gasteiger partial charge is 0.146 e. The van der Waals surface area contributed by atoms with E-state index in [4.69, 9.17) is 16.0 Å². The molecule has 0 saturated carbocycles. The van der Waals surface area contributed by atoms with E-state index in [2.05, 4.69) is 4.98 Å². The van der Waals surface area contributed by atoms with Gasteiger partial charge < -0.3 is 9.52 Å². The quantitative estimate of drug-likeness (QED) is 0.774. The third-order valence-electron chi connectivity index (χ3n) is 3.18. The molecule has 3 aromatic rings. The van der Waals surface area contributed by atoms with Crippen LogP contribution in [0.15, 0.2) is 53.2 Å². The van der Waals surface area contributed by atoms with Gasteiger partial charge in [-0.1, -0.05) is 17.7 Å². The Hall–Kier alpha value is -1.84. The topological polar surface area (TPSA) is 46.3 Å². The first-order chi connectivity index (χ1) is 9.07. The lowest BCUT2D eigenvalue weighted by Crippen LogP contribution is -2.22. The normalized spacial score (nSPS) is 14.5. The fraction of sp³-hybridized carbons (Fsp3) is 0.133. The molecule has 1 N–H and O–H groups in total. The van der Waals surface area contributed by atoms with E-state index >= 15 is 0 Å². The van der Waals surface area contributed by atoms with Crippen LogP contribution in [0.1, 0.15) is 18.2 Å². The number of aliphatic hydroxyl groups is 1. The number of rotatable bonds is 2. The highest BCUT2D eigenvalue weighted by atomic mass is 35.5. The molecule has 2 heterocycles. The molecular weight excluding hydrogens is 262 g/mol. The molecule has 2 aromatic heterocycles. The van der Waals surface area contributed by atoms with E-state index in [1.807, 2.05) is 12.1 Å². The average Bonchev–Trinajstić information content (AvgIpc) is 2.83. The Morgan fingerprint density at radius 2 is 2.11 bits per heavy atom. The maximum atomic E-state index is 10.7. The van der Waals surface area contributed by atoms with E-state index in [1.165, 1.54) is 0 Å². The lowest BCUT2D eigenvalue weighted by Gasteiger charge is -2.20. The molecule has 3 rings (SSSR count). The van der Waals surface area contributed by atoms with Crippen LogP contribution in [0.2, 0.25) is 5.02 Å². The fourth-order valence-electron chi connectivity index (χ4n) is 2.05. The minimum Gasteiger partial charge on any atom is -0.458 e. The van der Waals surface area contributed by atoms with E-state index in [0.717, 1.165) is 5.39 Å². The number of hydrogen-bond acceptors (Lipinski definition) is 3. The van der Waals surface area contributed by atoms with Crippen molar-refractivity contribution >= 4 is 22.6 Å². The van der Waals surface area contributed by atoms with Crippen LogP contribution in [0.4, 0.5) is 0 Å². The Morgan fingerprint density at radius 1 is 1.26 bits per heavy atom. The first-order valence-electron chi connectivity index (χ1n) is 5.90. The minimum absolute atomic E-state index is 0.470. The molecule has 0 amide bonds. The highest BCUT2D eigenvalue weighted by Gasteiger charge is 2.29. The highest BCUT2D eigenvalue weighted by molar-refractivity contribution is 6.31. The summed E-state index contributed by atoms with van der Waals surface area (Å²) >= 11 is 5.95. The van der Waals surface area contributed by atoms with Gasteiger partial charge in [-0.3, -0.25) is 4.98 Å². The van der Waals surface area contributed by atoms with Gasteiger partial charge in [-0.2, -0.15) is 0 Å². The Bertz CT molecular complexity index is 719. The lowest BCUT2D eigenvalue weighted by molar-refractivity contribution is 0.0783. The Labute approximate surface area is 115 Å². The van der Waals surface area contributed by atoms with Crippen molar-refractivity contribution in [3.8, 4) is 0 Å². The zero-order valence-corrected chi connectivity index (χ0v) is 11.1. The number of halogens is 1. The van der Waals surface area contributed by atoms with Crippen molar-refractivity contribution in [3.63, 3.8) is 0 Å². The first-order valence-corrected chi connectivity index (χ1v) is 6.27. The summed E-state index contributed by atoms with van der Waals surface area (Å²) in [5.74, 6) is 0.470. The number of benzene rings is 1. The number of fused-ring (bicyclic) bond motifs is 1. The molecule has 0 aliphatic carbocycles. The van der Waals surface area contributed by atoms with Gasteiger partial charge in [0.2, 0.25) is 0 Å². The molecule has 3 nitrogen and oxygen atoms in total. The van der Waals surface area contributed by atoms with Crippen LogP contribution in [-0.2, 0) is 5.60 Å². The van der Waals surface area contributed by atoms with Crippen molar-refractivity contribution in [1.82, 2.24) is 4.98 Å². The van der Waals surface area contributed by atoms with Gasteiger partial charge in [-0.25, -0.2) is 0 Å². The van der Waals surface area contributed by atoms with Crippen LogP contribution < -0.4 is 0 Å². The Morgan fingerprint density at radius 3 is 2.84 bits per heavy atom. The van der Waals surface area contributed by atoms with Crippen molar-refractivity contribution in [2.24, 2.45) is 0 Å². The van der Waals surface area contributed by atoms with Crippen molar-refractivity contribution < 1.29 is 9.52 Å².